The third-order valence-electron chi connectivity index (χ3n) is 3.32. The van der Waals surface area contributed by atoms with E-state index in [0.717, 1.165) is 17.7 Å². The van der Waals surface area contributed by atoms with Gasteiger partial charge in [0.1, 0.15) is 0 Å². The first-order valence-electron chi connectivity index (χ1n) is 5.87. The topological polar surface area (TPSA) is 29.4 Å². The van der Waals surface area contributed by atoms with Crippen LogP contribution in [0.2, 0.25) is 0 Å². The summed E-state index contributed by atoms with van der Waals surface area (Å²) in [4.78, 5) is 16.8. The van der Waals surface area contributed by atoms with Crippen LogP contribution in [-0.4, -0.2) is 12.0 Å². The maximum absolute atomic E-state index is 12.4. The van der Waals surface area contributed by atoms with Crippen LogP contribution in [0.4, 0.5) is 5.69 Å². The van der Waals surface area contributed by atoms with Crippen molar-refractivity contribution >= 4 is 17.7 Å². The van der Waals surface area contributed by atoms with Crippen molar-refractivity contribution < 1.29 is 4.79 Å². The van der Waals surface area contributed by atoms with Crippen LogP contribution in [0.1, 0.15) is 16.8 Å². The maximum atomic E-state index is 12.4. The lowest BCUT2D eigenvalue weighted by Crippen LogP contribution is -2.26. The van der Waals surface area contributed by atoms with E-state index >= 15 is 0 Å². The molecule has 2 atom stereocenters. The van der Waals surface area contributed by atoms with Gasteiger partial charge in [0, 0.05) is 11.8 Å². The third kappa shape index (κ3) is 1.76. The van der Waals surface area contributed by atoms with E-state index < -0.39 is 0 Å². The fraction of sp³-hybridized carbons (Fsp3) is 0.200. The van der Waals surface area contributed by atoms with Gasteiger partial charge in [-0.1, -0.05) is 36.4 Å². The van der Waals surface area contributed by atoms with Crippen molar-refractivity contribution in [3.63, 3.8) is 0 Å². The number of aliphatic imine (C=N–C) groups is 1. The predicted octanol–water partition coefficient (Wildman–Crippen LogP) is 3.33. The number of nitrogens with zero attached hydrogens (tertiary/aromatic N) is 1. The Kier molecular flexibility index (Phi) is 2.48. The second-order valence-electron chi connectivity index (χ2n) is 4.40. The molecule has 1 aromatic carbocycles. The molecule has 2 heteroatoms. The van der Waals surface area contributed by atoms with Crippen LogP contribution in [0, 0.1) is 11.8 Å². The maximum Gasteiger partial charge on any atom is 0.174 e. The normalized spacial score (nSPS) is 26.0. The monoisotopic (exact) mass is 223 g/mol. The molecule has 2 nitrogen and oxygen atoms in total. The van der Waals surface area contributed by atoms with Crippen molar-refractivity contribution in [3.05, 3.63) is 54.1 Å². The average molecular weight is 223 g/mol. The van der Waals surface area contributed by atoms with Crippen LogP contribution in [-0.2, 0) is 0 Å². The van der Waals surface area contributed by atoms with E-state index in [9.17, 15) is 4.79 Å². The van der Waals surface area contributed by atoms with Gasteiger partial charge in [0.25, 0.3) is 0 Å². The molecule has 0 aromatic heterocycles. The molecule has 2 unspecified atom stereocenters. The minimum atomic E-state index is -0.105. The number of carbonyl (C=O) groups excluding carboxylic acids is 1. The average Bonchev–Trinajstić information content (AvgIpc) is 2.40. The summed E-state index contributed by atoms with van der Waals surface area (Å²) >= 11 is 0. The van der Waals surface area contributed by atoms with Gasteiger partial charge in [-0.2, -0.15) is 0 Å². The third-order valence-corrected chi connectivity index (χ3v) is 3.32. The Bertz CT molecular complexity index is 540. The van der Waals surface area contributed by atoms with Crippen LogP contribution < -0.4 is 0 Å². The van der Waals surface area contributed by atoms with Crippen molar-refractivity contribution in [2.75, 3.05) is 0 Å². The zero-order valence-electron chi connectivity index (χ0n) is 9.41. The molecule has 84 valence electrons. The highest BCUT2D eigenvalue weighted by atomic mass is 16.1. The Balaban J connectivity index is 1.94. The lowest BCUT2D eigenvalue weighted by atomic mass is 9.81. The highest BCUT2D eigenvalue weighted by Crippen LogP contribution is 2.31. The summed E-state index contributed by atoms with van der Waals surface area (Å²) in [6.07, 6.45) is 11.0. The Morgan fingerprint density at radius 1 is 1.18 bits per heavy atom. The molecule has 0 saturated carbocycles. The number of para-hydroxylation sites is 1. The Morgan fingerprint density at radius 3 is 2.88 bits per heavy atom. The molecule has 0 fully saturated rings. The highest BCUT2D eigenvalue weighted by Gasteiger charge is 2.29. The molecule has 0 spiro atoms. The number of allylic oxidation sites excluding steroid dienone is 4. The van der Waals surface area contributed by atoms with Gasteiger partial charge in [0.15, 0.2) is 5.78 Å². The van der Waals surface area contributed by atoms with E-state index in [2.05, 4.69) is 17.1 Å². The Morgan fingerprint density at radius 2 is 2.06 bits per heavy atom. The number of hydrogen-bond donors (Lipinski definition) is 0. The van der Waals surface area contributed by atoms with Gasteiger partial charge >= 0.3 is 0 Å². The fourth-order valence-corrected chi connectivity index (χ4v) is 2.37. The minimum absolute atomic E-state index is 0.105. The van der Waals surface area contributed by atoms with Gasteiger partial charge in [-0.15, -0.1) is 0 Å². The van der Waals surface area contributed by atoms with Crippen molar-refractivity contribution in [2.45, 2.75) is 6.42 Å². The van der Waals surface area contributed by atoms with E-state index in [1.165, 1.54) is 0 Å². The first-order chi connectivity index (χ1) is 8.36. The van der Waals surface area contributed by atoms with Gasteiger partial charge in [-0.05, 0) is 24.5 Å². The zero-order chi connectivity index (χ0) is 11.7. The molecule has 0 radical (unpaired) electrons. The van der Waals surface area contributed by atoms with Gasteiger partial charge in [-0.3, -0.25) is 9.79 Å². The predicted molar refractivity (Wildman–Crippen MR) is 68.8 cm³/mol. The highest BCUT2D eigenvalue weighted by molar-refractivity contribution is 6.12. The van der Waals surface area contributed by atoms with Crippen molar-refractivity contribution in [3.8, 4) is 0 Å². The molecular formula is C15H13NO. The summed E-state index contributed by atoms with van der Waals surface area (Å²) in [6.45, 7) is 0. The van der Waals surface area contributed by atoms with Crippen LogP contribution in [0.25, 0.3) is 0 Å². The molecule has 0 N–H and O–H groups in total. The van der Waals surface area contributed by atoms with Gasteiger partial charge < -0.3 is 0 Å². The standard InChI is InChI=1S/C15H13NO/c17-15-12-8-4-5-9-14(12)16-10-13(15)11-6-2-1-3-7-11/h1-6,8-11,13H,7H2. The molecule has 1 aliphatic carbocycles. The molecular weight excluding hydrogens is 210 g/mol. The number of rotatable bonds is 1. The molecule has 1 heterocycles. The van der Waals surface area contributed by atoms with E-state index in [-0.39, 0.29) is 17.6 Å². The van der Waals surface area contributed by atoms with Gasteiger partial charge in [0.2, 0.25) is 0 Å². The minimum Gasteiger partial charge on any atom is -0.293 e. The second-order valence-corrected chi connectivity index (χ2v) is 4.40. The summed E-state index contributed by atoms with van der Waals surface area (Å²) in [7, 11) is 0. The van der Waals surface area contributed by atoms with Crippen LogP contribution in [0.5, 0.6) is 0 Å². The first-order valence-corrected chi connectivity index (χ1v) is 5.87. The number of carbonyl (C=O) groups is 1. The summed E-state index contributed by atoms with van der Waals surface area (Å²) < 4.78 is 0. The zero-order valence-corrected chi connectivity index (χ0v) is 9.41. The first kappa shape index (κ1) is 10.2. The summed E-state index contributed by atoms with van der Waals surface area (Å²) in [6, 6.07) is 7.55. The summed E-state index contributed by atoms with van der Waals surface area (Å²) in [5.41, 5.74) is 1.55. The molecule has 1 aromatic rings. The molecule has 3 rings (SSSR count). The van der Waals surface area contributed by atoms with E-state index in [4.69, 9.17) is 0 Å². The number of fused-ring (bicyclic) bond motifs is 1. The quantitative estimate of drug-likeness (QED) is 0.718. The van der Waals surface area contributed by atoms with E-state index in [1.807, 2.05) is 36.4 Å². The SMILES string of the molecule is O=C1c2ccccc2N=CC1C1C=CC=CC1. The molecule has 0 bridgehead atoms. The van der Waals surface area contributed by atoms with Crippen LogP contribution >= 0.6 is 0 Å². The molecule has 0 amide bonds. The van der Waals surface area contributed by atoms with E-state index in [0.29, 0.717) is 0 Å². The van der Waals surface area contributed by atoms with E-state index in [1.54, 1.807) is 6.21 Å². The number of ketones is 1. The Labute approximate surface area is 100 Å². The smallest absolute Gasteiger partial charge is 0.174 e. The molecule has 17 heavy (non-hydrogen) atoms. The molecule has 1 aliphatic heterocycles. The van der Waals surface area contributed by atoms with Gasteiger partial charge in [0.05, 0.1) is 11.6 Å². The fourth-order valence-electron chi connectivity index (χ4n) is 2.37. The van der Waals surface area contributed by atoms with Gasteiger partial charge in [-0.25, -0.2) is 0 Å². The van der Waals surface area contributed by atoms with Crippen LogP contribution in [0.3, 0.4) is 0 Å². The second kappa shape index (κ2) is 4.13. The molecule has 0 saturated heterocycles. The van der Waals surface area contributed by atoms with Crippen molar-refractivity contribution in [1.29, 1.82) is 0 Å². The van der Waals surface area contributed by atoms with Crippen LogP contribution in [0.15, 0.2) is 53.6 Å². The number of hydrogen-bond acceptors (Lipinski definition) is 2. The number of benzene rings is 1. The Hall–Kier alpha value is -1.96. The summed E-state index contributed by atoms with van der Waals surface area (Å²) in [5.74, 6) is 0.344. The molecule has 2 aliphatic rings. The van der Waals surface area contributed by atoms with Crippen molar-refractivity contribution in [2.24, 2.45) is 16.8 Å². The van der Waals surface area contributed by atoms with Crippen molar-refractivity contribution in [1.82, 2.24) is 0 Å². The largest absolute Gasteiger partial charge is 0.293 e. The number of Topliss-reactive ketones (excluding diaryl/α,β-unsaturated/α-hetero) is 1. The lowest BCUT2D eigenvalue weighted by molar-refractivity contribution is 0.0935. The lowest BCUT2D eigenvalue weighted by Gasteiger charge is -2.23. The summed E-state index contributed by atoms with van der Waals surface area (Å²) in [5, 5.41) is 0.